The van der Waals surface area contributed by atoms with Crippen molar-refractivity contribution in [3.8, 4) is 17.6 Å². The summed E-state index contributed by atoms with van der Waals surface area (Å²) in [6.07, 6.45) is 5.67. The number of fused-ring (bicyclic) bond motifs is 1. The molecule has 148 valence electrons. The predicted molar refractivity (Wildman–Crippen MR) is 102 cm³/mol. The van der Waals surface area contributed by atoms with Crippen LogP contribution in [0.4, 0.5) is 13.2 Å². The molecule has 0 radical (unpaired) electrons. The average molecular weight is 378 g/mol. The largest absolute Gasteiger partial charge is 0.487 e. The number of ether oxygens (including phenoxy) is 1. The Morgan fingerprint density at radius 1 is 1.15 bits per heavy atom. The first-order valence-corrected chi connectivity index (χ1v) is 10.3. The highest BCUT2D eigenvalue weighted by Gasteiger charge is 2.29. The third kappa shape index (κ3) is 4.62. The zero-order chi connectivity index (χ0) is 19.4. The Kier molecular flexibility index (Phi) is 6.73. The SMILES string of the molecule is CCCC1CCc2cc(C#CC3CCC(CC)CC3)c(C(F)F)c(F)c2O1. The molecule has 1 fully saturated rings. The molecule has 1 aromatic carbocycles. The van der Waals surface area contributed by atoms with Gasteiger partial charge in [0.2, 0.25) is 0 Å². The number of benzene rings is 1. The summed E-state index contributed by atoms with van der Waals surface area (Å²) >= 11 is 0. The molecule has 1 aliphatic carbocycles. The van der Waals surface area contributed by atoms with Crippen LogP contribution in [0.25, 0.3) is 0 Å². The van der Waals surface area contributed by atoms with Crippen molar-refractivity contribution in [2.75, 3.05) is 0 Å². The number of alkyl halides is 2. The van der Waals surface area contributed by atoms with Gasteiger partial charge in [-0.3, -0.25) is 0 Å². The number of aryl methyl sites for hydroxylation is 1. The Balaban J connectivity index is 1.86. The standard InChI is InChI=1S/C23H29F3O/c1-3-5-19-13-12-18-14-17(20(23(25)26)21(24)22(18)27-19)11-10-16-8-6-15(4-2)7-9-16/h14-16,19,23H,3-9,12-13H2,1-2H3. The molecule has 3 rings (SSSR count). The molecule has 1 saturated carbocycles. The number of halogens is 3. The number of hydrogen-bond donors (Lipinski definition) is 0. The first-order valence-electron chi connectivity index (χ1n) is 10.3. The fourth-order valence-electron chi connectivity index (χ4n) is 4.29. The highest BCUT2D eigenvalue weighted by Crippen LogP contribution is 2.39. The Labute approximate surface area is 160 Å². The van der Waals surface area contributed by atoms with Crippen LogP contribution in [0.2, 0.25) is 0 Å². The van der Waals surface area contributed by atoms with Gasteiger partial charge in [0.1, 0.15) is 0 Å². The smallest absolute Gasteiger partial charge is 0.268 e. The van der Waals surface area contributed by atoms with Crippen LogP contribution < -0.4 is 4.74 Å². The maximum atomic E-state index is 14.9. The third-order valence-corrected chi connectivity index (χ3v) is 6.02. The molecule has 0 N–H and O–H groups in total. The summed E-state index contributed by atoms with van der Waals surface area (Å²) in [4.78, 5) is 0. The lowest BCUT2D eigenvalue weighted by Gasteiger charge is -2.27. The van der Waals surface area contributed by atoms with E-state index in [-0.39, 0.29) is 23.3 Å². The molecule has 2 aliphatic rings. The van der Waals surface area contributed by atoms with Gasteiger partial charge in [0.05, 0.1) is 11.7 Å². The molecule has 0 spiro atoms. The van der Waals surface area contributed by atoms with Gasteiger partial charge < -0.3 is 4.74 Å². The number of rotatable bonds is 4. The Hall–Kier alpha value is -1.63. The maximum absolute atomic E-state index is 14.9. The maximum Gasteiger partial charge on any atom is 0.268 e. The molecule has 27 heavy (non-hydrogen) atoms. The van der Waals surface area contributed by atoms with E-state index < -0.39 is 17.8 Å². The van der Waals surface area contributed by atoms with E-state index in [4.69, 9.17) is 4.74 Å². The molecule has 0 saturated heterocycles. The molecule has 1 atom stereocenters. The Bertz CT molecular complexity index is 709. The highest BCUT2D eigenvalue weighted by atomic mass is 19.3. The van der Waals surface area contributed by atoms with Crippen LogP contribution in [0, 0.1) is 29.5 Å². The zero-order valence-corrected chi connectivity index (χ0v) is 16.3. The van der Waals surface area contributed by atoms with Gasteiger partial charge in [-0.1, -0.05) is 38.5 Å². The Morgan fingerprint density at radius 2 is 1.89 bits per heavy atom. The van der Waals surface area contributed by atoms with E-state index in [9.17, 15) is 13.2 Å². The van der Waals surface area contributed by atoms with E-state index in [0.717, 1.165) is 50.9 Å². The van der Waals surface area contributed by atoms with E-state index in [1.54, 1.807) is 6.07 Å². The summed E-state index contributed by atoms with van der Waals surface area (Å²) in [6.45, 7) is 4.24. The molecule has 0 bridgehead atoms. The number of hydrogen-bond acceptors (Lipinski definition) is 1. The topological polar surface area (TPSA) is 9.23 Å². The molecule has 1 aromatic rings. The van der Waals surface area contributed by atoms with Crippen molar-refractivity contribution in [1.82, 2.24) is 0 Å². The molecule has 0 aromatic heterocycles. The van der Waals surface area contributed by atoms with E-state index >= 15 is 0 Å². The van der Waals surface area contributed by atoms with E-state index in [0.29, 0.717) is 12.0 Å². The van der Waals surface area contributed by atoms with Crippen molar-refractivity contribution in [1.29, 1.82) is 0 Å². The quantitative estimate of drug-likeness (QED) is 0.522. The third-order valence-electron chi connectivity index (χ3n) is 6.02. The van der Waals surface area contributed by atoms with E-state index in [1.807, 2.05) is 6.92 Å². The minimum Gasteiger partial charge on any atom is -0.487 e. The molecule has 1 unspecified atom stereocenters. The van der Waals surface area contributed by atoms with Crippen molar-refractivity contribution in [2.45, 2.75) is 84.2 Å². The summed E-state index contributed by atoms with van der Waals surface area (Å²) in [7, 11) is 0. The average Bonchev–Trinajstić information content (AvgIpc) is 2.67. The first-order chi connectivity index (χ1) is 13.0. The normalized spacial score (nSPS) is 24.7. The second kappa shape index (κ2) is 9.04. The van der Waals surface area contributed by atoms with Gasteiger partial charge in [-0.15, -0.1) is 0 Å². The van der Waals surface area contributed by atoms with Crippen LogP contribution >= 0.6 is 0 Å². The summed E-state index contributed by atoms with van der Waals surface area (Å²) in [5.74, 6) is 6.14. The van der Waals surface area contributed by atoms with Gasteiger partial charge >= 0.3 is 0 Å². The van der Waals surface area contributed by atoms with Gasteiger partial charge in [-0.25, -0.2) is 13.2 Å². The lowest BCUT2D eigenvalue weighted by molar-refractivity contribution is 0.134. The fourth-order valence-corrected chi connectivity index (χ4v) is 4.29. The zero-order valence-electron chi connectivity index (χ0n) is 16.3. The van der Waals surface area contributed by atoms with Crippen LogP contribution in [0.5, 0.6) is 5.75 Å². The second-order valence-corrected chi connectivity index (χ2v) is 7.90. The lowest BCUT2D eigenvalue weighted by atomic mass is 9.81. The van der Waals surface area contributed by atoms with Crippen molar-refractivity contribution in [3.63, 3.8) is 0 Å². The van der Waals surface area contributed by atoms with Crippen LogP contribution in [-0.4, -0.2) is 6.10 Å². The highest BCUT2D eigenvalue weighted by molar-refractivity contribution is 5.52. The van der Waals surface area contributed by atoms with Crippen LogP contribution in [0.3, 0.4) is 0 Å². The molecular weight excluding hydrogens is 349 g/mol. The van der Waals surface area contributed by atoms with E-state index in [2.05, 4.69) is 18.8 Å². The summed E-state index contributed by atoms with van der Waals surface area (Å²) < 4.78 is 47.8. The summed E-state index contributed by atoms with van der Waals surface area (Å²) in [5, 5.41) is 0. The minimum absolute atomic E-state index is 0.0176. The van der Waals surface area contributed by atoms with Crippen molar-refractivity contribution in [2.24, 2.45) is 11.8 Å². The molecule has 4 heteroatoms. The van der Waals surface area contributed by atoms with Crippen LogP contribution in [-0.2, 0) is 6.42 Å². The van der Waals surface area contributed by atoms with Gasteiger partial charge in [-0.2, -0.15) is 0 Å². The monoisotopic (exact) mass is 378 g/mol. The first kappa shape index (κ1) is 20.1. The fraction of sp³-hybridized carbons (Fsp3) is 0.652. The molecule has 0 amide bonds. The van der Waals surface area contributed by atoms with Crippen LogP contribution in [0.15, 0.2) is 6.07 Å². The minimum atomic E-state index is -2.90. The van der Waals surface area contributed by atoms with E-state index in [1.165, 1.54) is 6.42 Å². The summed E-state index contributed by atoms with van der Waals surface area (Å²) in [6, 6.07) is 1.63. The second-order valence-electron chi connectivity index (χ2n) is 7.90. The molecular formula is C23H29F3O. The predicted octanol–water partition coefficient (Wildman–Crippen LogP) is 6.82. The molecule has 1 aliphatic heterocycles. The molecule has 1 heterocycles. The van der Waals surface area contributed by atoms with Crippen molar-refractivity contribution in [3.05, 3.63) is 28.6 Å². The molecule has 1 nitrogen and oxygen atoms in total. The van der Waals surface area contributed by atoms with Gasteiger partial charge in [0, 0.05) is 11.5 Å². The van der Waals surface area contributed by atoms with Gasteiger partial charge in [-0.05, 0) is 62.5 Å². The van der Waals surface area contributed by atoms with Crippen molar-refractivity contribution < 1.29 is 17.9 Å². The lowest BCUT2D eigenvalue weighted by Crippen LogP contribution is -2.24. The summed E-state index contributed by atoms with van der Waals surface area (Å²) in [5.41, 5.74) is 0.209. The Morgan fingerprint density at radius 3 is 2.52 bits per heavy atom. The van der Waals surface area contributed by atoms with Gasteiger partial charge in [0.15, 0.2) is 11.6 Å². The van der Waals surface area contributed by atoms with Crippen LogP contribution in [0.1, 0.15) is 88.3 Å². The van der Waals surface area contributed by atoms with Crippen molar-refractivity contribution >= 4 is 0 Å². The van der Waals surface area contributed by atoms with Gasteiger partial charge in [0.25, 0.3) is 6.43 Å².